The van der Waals surface area contributed by atoms with Crippen LogP contribution in [0, 0.1) is 6.92 Å². The minimum absolute atomic E-state index is 0.212. The molecule has 0 saturated heterocycles. The first-order chi connectivity index (χ1) is 9.06. The Balaban J connectivity index is 2.19. The van der Waals surface area contributed by atoms with E-state index in [4.69, 9.17) is 14.0 Å². The Morgan fingerprint density at radius 2 is 2.16 bits per heavy atom. The van der Waals surface area contributed by atoms with Gasteiger partial charge in [-0.15, -0.1) is 0 Å². The highest BCUT2D eigenvalue weighted by molar-refractivity contribution is 9.10. The van der Waals surface area contributed by atoms with Crippen molar-refractivity contribution < 1.29 is 18.8 Å². The third-order valence-electron chi connectivity index (χ3n) is 2.85. The largest absolute Gasteiger partial charge is 0.475 e. The zero-order chi connectivity index (χ0) is 13.6. The predicted molar refractivity (Wildman–Crippen MR) is 71.1 cm³/mol. The van der Waals surface area contributed by atoms with Crippen molar-refractivity contribution in [2.75, 3.05) is 0 Å². The molecule has 0 aliphatic rings. The van der Waals surface area contributed by atoms with Gasteiger partial charge in [0, 0.05) is 21.5 Å². The molecular weight excluding hydrogens is 314 g/mol. The normalized spacial score (nSPS) is 11.1. The molecule has 1 N–H and O–H groups in total. The number of nitrogens with zero attached hydrogens (tertiary/aromatic N) is 1. The van der Waals surface area contributed by atoms with Gasteiger partial charge in [-0.05, 0) is 25.1 Å². The molecule has 5 nitrogen and oxygen atoms in total. The maximum atomic E-state index is 10.8. The zero-order valence-electron chi connectivity index (χ0n) is 9.81. The van der Waals surface area contributed by atoms with Crippen LogP contribution in [0.2, 0.25) is 0 Å². The van der Waals surface area contributed by atoms with Crippen LogP contribution in [-0.4, -0.2) is 16.2 Å². The predicted octanol–water partition coefficient (Wildman–Crippen LogP) is 3.86. The Bertz CT molecular complexity index is 787. The topological polar surface area (TPSA) is 76.5 Å². The molecule has 2 aromatic heterocycles. The first-order valence-corrected chi connectivity index (χ1v) is 6.24. The van der Waals surface area contributed by atoms with Gasteiger partial charge < -0.3 is 14.0 Å². The summed E-state index contributed by atoms with van der Waals surface area (Å²) in [6, 6.07) is 7.01. The van der Waals surface area contributed by atoms with E-state index in [9.17, 15) is 4.79 Å². The fraction of sp³-hybridized carbons (Fsp3) is 0.0769. The number of carboxylic acids is 1. The van der Waals surface area contributed by atoms with E-state index in [2.05, 4.69) is 21.1 Å². The second kappa shape index (κ2) is 4.24. The molecule has 96 valence electrons. The average Bonchev–Trinajstić information content (AvgIpc) is 2.95. The summed E-state index contributed by atoms with van der Waals surface area (Å²) >= 11 is 3.40. The first-order valence-electron chi connectivity index (χ1n) is 5.45. The number of carbonyl (C=O) groups is 1. The van der Waals surface area contributed by atoms with Gasteiger partial charge in [-0.25, -0.2) is 4.79 Å². The highest BCUT2D eigenvalue weighted by atomic mass is 79.9. The molecule has 0 aliphatic heterocycles. The van der Waals surface area contributed by atoms with Gasteiger partial charge in [-0.3, -0.25) is 0 Å². The highest BCUT2D eigenvalue weighted by Gasteiger charge is 2.18. The van der Waals surface area contributed by atoms with E-state index in [1.165, 1.54) is 6.07 Å². The fourth-order valence-corrected chi connectivity index (χ4v) is 2.28. The van der Waals surface area contributed by atoms with Crippen LogP contribution in [0.25, 0.3) is 22.4 Å². The number of fused-ring (bicyclic) bond motifs is 1. The van der Waals surface area contributed by atoms with E-state index in [0.29, 0.717) is 11.5 Å². The summed E-state index contributed by atoms with van der Waals surface area (Å²) in [4.78, 5) is 10.8. The van der Waals surface area contributed by atoms with Gasteiger partial charge in [0.05, 0.1) is 0 Å². The molecule has 0 unspecified atom stereocenters. The van der Waals surface area contributed by atoms with Gasteiger partial charge in [0.15, 0.2) is 5.76 Å². The molecule has 19 heavy (non-hydrogen) atoms. The number of halogens is 1. The molecule has 0 bridgehead atoms. The van der Waals surface area contributed by atoms with Crippen LogP contribution in [0.1, 0.15) is 16.1 Å². The second-order valence-electron chi connectivity index (χ2n) is 4.08. The van der Waals surface area contributed by atoms with Crippen LogP contribution in [0.5, 0.6) is 0 Å². The molecule has 0 atom stereocenters. The summed E-state index contributed by atoms with van der Waals surface area (Å²) in [5.41, 5.74) is 1.99. The van der Waals surface area contributed by atoms with Gasteiger partial charge >= 0.3 is 5.97 Å². The molecule has 0 spiro atoms. The molecule has 0 aliphatic carbocycles. The molecule has 0 fully saturated rings. The Hall–Kier alpha value is -2.08. The van der Waals surface area contributed by atoms with Crippen LogP contribution in [0.15, 0.2) is 37.7 Å². The maximum Gasteiger partial charge on any atom is 0.374 e. The van der Waals surface area contributed by atoms with Crippen molar-refractivity contribution in [2.24, 2.45) is 0 Å². The summed E-state index contributed by atoms with van der Waals surface area (Å²) in [6.45, 7) is 1.89. The number of aromatic nitrogens is 1. The Morgan fingerprint density at radius 1 is 1.37 bits per heavy atom. The van der Waals surface area contributed by atoms with Crippen molar-refractivity contribution in [1.82, 2.24) is 5.16 Å². The van der Waals surface area contributed by atoms with Crippen molar-refractivity contribution in [3.63, 3.8) is 0 Å². The van der Waals surface area contributed by atoms with Gasteiger partial charge in [0.1, 0.15) is 11.3 Å². The maximum absolute atomic E-state index is 10.8. The molecule has 6 heteroatoms. The SMILES string of the molecule is Cc1c(-c2cc(C(=O)O)on2)oc2ccc(Br)cc12. The molecule has 3 rings (SSSR count). The average molecular weight is 322 g/mol. The van der Waals surface area contributed by atoms with Crippen LogP contribution >= 0.6 is 15.9 Å². The van der Waals surface area contributed by atoms with Gasteiger partial charge in [0.2, 0.25) is 5.76 Å². The van der Waals surface area contributed by atoms with Crippen LogP contribution in [-0.2, 0) is 0 Å². The van der Waals surface area contributed by atoms with Gasteiger partial charge in [0.25, 0.3) is 0 Å². The monoisotopic (exact) mass is 321 g/mol. The third-order valence-corrected chi connectivity index (χ3v) is 3.35. The molecule has 0 amide bonds. The van der Waals surface area contributed by atoms with E-state index >= 15 is 0 Å². The first kappa shape index (κ1) is 12.0. The number of aromatic carboxylic acids is 1. The number of furan rings is 1. The summed E-state index contributed by atoms with van der Waals surface area (Å²) < 4.78 is 11.4. The summed E-state index contributed by atoms with van der Waals surface area (Å²) in [5, 5.41) is 13.5. The lowest BCUT2D eigenvalue weighted by atomic mass is 10.1. The number of hydrogen-bond acceptors (Lipinski definition) is 4. The van der Waals surface area contributed by atoms with Crippen LogP contribution in [0.3, 0.4) is 0 Å². The van der Waals surface area contributed by atoms with Gasteiger partial charge in [-0.1, -0.05) is 21.1 Å². The number of hydrogen-bond donors (Lipinski definition) is 1. The number of aryl methyl sites for hydroxylation is 1. The van der Waals surface area contributed by atoms with Crippen molar-refractivity contribution in [3.05, 3.63) is 40.1 Å². The standard InChI is InChI=1S/C13H8BrNO4/c1-6-8-4-7(14)2-3-10(8)18-12(6)9-5-11(13(16)17)19-15-9/h2-5H,1H3,(H,16,17). The molecule has 0 radical (unpaired) electrons. The lowest BCUT2D eigenvalue weighted by Crippen LogP contribution is -1.91. The van der Waals surface area contributed by atoms with E-state index in [-0.39, 0.29) is 5.76 Å². The minimum Gasteiger partial charge on any atom is -0.475 e. The number of carboxylic acid groups (broad SMARTS) is 1. The third kappa shape index (κ3) is 1.94. The second-order valence-corrected chi connectivity index (χ2v) is 4.99. The fourth-order valence-electron chi connectivity index (χ4n) is 1.92. The molecule has 1 aromatic carbocycles. The lowest BCUT2D eigenvalue weighted by Gasteiger charge is -1.91. The smallest absolute Gasteiger partial charge is 0.374 e. The van der Waals surface area contributed by atoms with E-state index < -0.39 is 5.97 Å². The van der Waals surface area contributed by atoms with Crippen molar-refractivity contribution in [2.45, 2.75) is 6.92 Å². The molecular formula is C13H8BrNO4. The Kier molecular flexibility index (Phi) is 2.67. The van der Waals surface area contributed by atoms with Gasteiger partial charge in [-0.2, -0.15) is 0 Å². The van der Waals surface area contributed by atoms with Crippen molar-refractivity contribution in [1.29, 1.82) is 0 Å². The minimum atomic E-state index is -1.16. The lowest BCUT2D eigenvalue weighted by molar-refractivity contribution is 0.0652. The van der Waals surface area contributed by atoms with E-state index in [0.717, 1.165) is 21.0 Å². The molecule has 0 saturated carbocycles. The quantitative estimate of drug-likeness (QED) is 0.775. The van der Waals surface area contributed by atoms with Crippen molar-refractivity contribution >= 4 is 32.9 Å². The Labute approximate surface area is 115 Å². The van der Waals surface area contributed by atoms with Crippen molar-refractivity contribution in [3.8, 4) is 11.5 Å². The summed E-state index contributed by atoms with van der Waals surface area (Å²) in [5.74, 6) is -0.851. The van der Waals surface area contributed by atoms with E-state index in [1.807, 2.05) is 25.1 Å². The summed E-state index contributed by atoms with van der Waals surface area (Å²) in [6.07, 6.45) is 0. The zero-order valence-corrected chi connectivity index (χ0v) is 11.4. The number of rotatable bonds is 2. The van der Waals surface area contributed by atoms with Crippen LogP contribution < -0.4 is 0 Å². The Morgan fingerprint density at radius 3 is 2.84 bits per heavy atom. The van der Waals surface area contributed by atoms with E-state index in [1.54, 1.807) is 0 Å². The highest BCUT2D eigenvalue weighted by Crippen LogP contribution is 2.34. The molecule has 3 aromatic rings. The summed E-state index contributed by atoms with van der Waals surface area (Å²) in [7, 11) is 0. The molecule has 2 heterocycles. The van der Waals surface area contributed by atoms with Crippen LogP contribution in [0.4, 0.5) is 0 Å². The number of benzene rings is 1.